The molecule has 0 saturated carbocycles. The molecular weight excluding hydrogens is 508 g/mol. The quantitative estimate of drug-likeness (QED) is 0.204. The fraction of sp³-hybridized carbons (Fsp3) is 0.345. The average molecular weight is 542 g/mol. The van der Waals surface area contributed by atoms with Crippen LogP contribution in [0.15, 0.2) is 60.8 Å². The van der Waals surface area contributed by atoms with Crippen LogP contribution >= 0.6 is 0 Å². The number of aromatic nitrogens is 1. The topological polar surface area (TPSA) is 110 Å². The lowest BCUT2D eigenvalue weighted by Crippen LogP contribution is -2.44. The first-order valence-corrected chi connectivity index (χ1v) is 12.6. The number of pyridine rings is 1. The fourth-order valence-corrected chi connectivity index (χ4v) is 3.76. The number of hydrogen-bond donors (Lipinski definition) is 3. The molecule has 1 heterocycles. The summed E-state index contributed by atoms with van der Waals surface area (Å²) in [4.78, 5) is 28.8. The second-order valence-corrected chi connectivity index (χ2v) is 9.95. The number of nitrogens with one attached hydrogen (secondary N) is 2. The number of ether oxygens (including phenoxy) is 2. The van der Waals surface area contributed by atoms with Gasteiger partial charge in [-0.1, -0.05) is 43.7 Å². The molecule has 3 rings (SSSR count). The van der Waals surface area contributed by atoms with Crippen LogP contribution in [0.2, 0.25) is 0 Å². The highest BCUT2D eigenvalue weighted by molar-refractivity contribution is 5.87. The van der Waals surface area contributed by atoms with Crippen molar-refractivity contribution in [2.75, 3.05) is 5.32 Å². The number of anilines is 1. The molecule has 3 N–H and O–H groups in total. The molecule has 0 spiro atoms. The summed E-state index contributed by atoms with van der Waals surface area (Å²) < 4.78 is 43.5. The highest BCUT2D eigenvalue weighted by Crippen LogP contribution is 2.40. The standard InChI is InChI=1S/C29H33F2N3O5/c1-5-6-12-24(36)34-29(31,25-23(13-14-32-26(25)30)33-27(37)39-28(2,3)4)20-15-21(35)17-22(16-20)38-18-19-10-8-7-9-11-19/h7-11,13-17,35H,5-6,12,18H2,1-4H3,(H,34,36)(H,32,33,37). The van der Waals surface area contributed by atoms with Crippen molar-refractivity contribution in [2.24, 2.45) is 0 Å². The van der Waals surface area contributed by atoms with Crippen molar-refractivity contribution in [1.29, 1.82) is 0 Å². The zero-order valence-corrected chi connectivity index (χ0v) is 22.4. The number of carbonyl (C=O) groups is 2. The molecule has 1 unspecified atom stereocenters. The summed E-state index contributed by atoms with van der Waals surface area (Å²) in [6.45, 7) is 6.89. The number of phenols is 1. The largest absolute Gasteiger partial charge is 0.508 e. The smallest absolute Gasteiger partial charge is 0.412 e. The molecule has 0 aliphatic carbocycles. The third-order valence-corrected chi connectivity index (χ3v) is 5.49. The Labute approximate surface area is 226 Å². The number of unbranched alkanes of at least 4 members (excludes halogenated alkanes) is 1. The number of carbonyl (C=O) groups excluding carboxylic acids is 2. The molecule has 0 radical (unpaired) electrons. The first-order chi connectivity index (χ1) is 18.4. The third kappa shape index (κ3) is 8.13. The van der Waals surface area contributed by atoms with Crippen LogP contribution in [0, 0.1) is 5.95 Å². The van der Waals surface area contributed by atoms with Gasteiger partial charge in [-0.05, 0) is 51.0 Å². The van der Waals surface area contributed by atoms with Crippen LogP contribution in [0.25, 0.3) is 0 Å². The Balaban J connectivity index is 2.08. The van der Waals surface area contributed by atoms with Gasteiger partial charge in [0.1, 0.15) is 23.7 Å². The van der Waals surface area contributed by atoms with E-state index in [9.17, 15) is 14.7 Å². The van der Waals surface area contributed by atoms with Gasteiger partial charge in [0.25, 0.3) is 0 Å². The van der Waals surface area contributed by atoms with Crippen molar-refractivity contribution in [3.05, 3.63) is 83.4 Å². The Morgan fingerprint density at radius 2 is 1.79 bits per heavy atom. The predicted molar refractivity (Wildman–Crippen MR) is 142 cm³/mol. The number of halogens is 2. The van der Waals surface area contributed by atoms with Crippen LogP contribution in [0.5, 0.6) is 11.5 Å². The molecule has 0 fully saturated rings. The maximum Gasteiger partial charge on any atom is 0.412 e. The van der Waals surface area contributed by atoms with Gasteiger partial charge >= 0.3 is 6.09 Å². The molecule has 208 valence electrons. The molecule has 1 aromatic heterocycles. The Hall–Kier alpha value is -4.21. The van der Waals surface area contributed by atoms with E-state index >= 15 is 8.78 Å². The Bertz CT molecular complexity index is 1300. The predicted octanol–water partition coefficient (Wildman–Crippen LogP) is 6.33. The lowest BCUT2D eigenvalue weighted by atomic mass is 9.94. The van der Waals surface area contributed by atoms with E-state index in [1.807, 2.05) is 37.3 Å². The van der Waals surface area contributed by atoms with Crippen LogP contribution in [0.1, 0.15) is 63.6 Å². The fourth-order valence-electron chi connectivity index (χ4n) is 3.76. The number of phenolic OH excluding ortho intramolecular Hbond substituents is 1. The molecule has 0 aliphatic rings. The van der Waals surface area contributed by atoms with Gasteiger partial charge in [0.05, 0.1) is 11.3 Å². The van der Waals surface area contributed by atoms with Gasteiger partial charge < -0.3 is 19.9 Å². The number of alkyl halides is 1. The van der Waals surface area contributed by atoms with Crippen molar-refractivity contribution in [3.63, 3.8) is 0 Å². The second-order valence-electron chi connectivity index (χ2n) is 9.95. The van der Waals surface area contributed by atoms with Crippen LogP contribution in [0.4, 0.5) is 19.3 Å². The molecule has 2 amide bonds. The van der Waals surface area contributed by atoms with Crippen LogP contribution in [0.3, 0.4) is 0 Å². The van der Waals surface area contributed by atoms with Crippen molar-refractivity contribution in [1.82, 2.24) is 10.3 Å². The molecule has 0 aliphatic heterocycles. The number of benzene rings is 2. The Morgan fingerprint density at radius 1 is 1.08 bits per heavy atom. The Kier molecular flexibility index (Phi) is 9.45. The monoisotopic (exact) mass is 541 g/mol. The van der Waals surface area contributed by atoms with Crippen LogP contribution in [-0.2, 0) is 21.9 Å². The zero-order chi connectivity index (χ0) is 28.6. The summed E-state index contributed by atoms with van der Waals surface area (Å²) in [5.41, 5.74) is -1.48. The van der Waals surface area contributed by atoms with E-state index in [0.717, 1.165) is 17.8 Å². The van der Waals surface area contributed by atoms with Crippen molar-refractivity contribution in [2.45, 2.75) is 65.0 Å². The van der Waals surface area contributed by atoms with Gasteiger partial charge in [0, 0.05) is 24.2 Å². The summed E-state index contributed by atoms with van der Waals surface area (Å²) in [5, 5.41) is 15.0. The van der Waals surface area contributed by atoms with E-state index in [2.05, 4.69) is 15.6 Å². The number of aromatic hydroxyl groups is 1. The van der Waals surface area contributed by atoms with Crippen molar-refractivity contribution >= 4 is 17.7 Å². The molecular formula is C29H33F2N3O5. The number of hydrogen-bond acceptors (Lipinski definition) is 6. The first-order valence-electron chi connectivity index (χ1n) is 12.6. The molecule has 0 saturated heterocycles. The first kappa shape index (κ1) is 29.3. The average Bonchev–Trinajstić information content (AvgIpc) is 2.85. The Morgan fingerprint density at radius 3 is 2.46 bits per heavy atom. The summed E-state index contributed by atoms with van der Waals surface area (Å²) in [5.74, 6) is -5.36. The van der Waals surface area contributed by atoms with Gasteiger partial charge in [0.15, 0.2) is 0 Å². The zero-order valence-electron chi connectivity index (χ0n) is 22.4. The highest BCUT2D eigenvalue weighted by Gasteiger charge is 2.42. The molecule has 39 heavy (non-hydrogen) atoms. The summed E-state index contributed by atoms with van der Waals surface area (Å²) in [6.07, 6.45) is 1.18. The normalized spacial score (nSPS) is 12.8. The van der Waals surface area contributed by atoms with E-state index in [1.54, 1.807) is 20.8 Å². The van der Waals surface area contributed by atoms with Crippen LogP contribution < -0.4 is 15.4 Å². The van der Waals surface area contributed by atoms with E-state index in [1.165, 1.54) is 18.2 Å². The van der Waals surface area contributed by atoms with Gasteiger partial charge in [0.2, 0.25) is 17.6 Å². The number of amides is 2. The lowest BCUT2D eigenvalue weighted by molar-refractivity contribution is -0.124. The second kappa shape index (κ2) is 12.6. The lowest BCUT2D eigenvalue weighted by Gasteiger charge is -2.30. The molecule has 0 bridgehead atoms. The summed E-state index contributed by atoms with van der Waals surface area (Å²) in [6, 6.07) is 13.9. The maximum absolute atomic E-state index is 17.2. The molecule has 3 aromatic rings. The van der Waals surface area contributed by atoms with E-state index in [0.29, 0.717) is 12.8 Å². The van der Waals surface area contributed by atoms with Gasteiger partial charge in [-0.15, -0.1) is 0 Å². The van der Waals surface area contributed by atoms with Gasteiger partial charge in [-0.25, -0.2) is 14.2 Å². The molecule has 2 aromatic carbocycles. The molecule has 1 atom stereocenters. The van der Waals surface area contributed by atoms with E-state index < -0.39 is 34.9 Å². The van der Waals surface area contributed by atoms with Crippen molar-refractivity contribution < 1.29 is 33.0 Å². The number of rotatable bonds is 10. The van der Waals surface area contributed by atoms with Crippen LogP contribution in [-0.4, -0.2) is 27.7 Å². The SMILES string of the molecule is CCCCC(=O)NC(F)(c1cc(O)cc(OCc2ccccc2)c1)c1c(NC(=O)OC(C)(C)C)ccnc1F. The van der Waals surface area contributed by atoms with Gasteiger partial charge in [-0.2, -0.15) is 4.39 Å². The minimum absolute atomic E-state index is 0.0327. The highest BCUT2D eigenvalue weighted by atomic mass is 19.2. The summed E-state index contributed by atoms with van der Waals surface area (Å²) in [7, 11) is 0. The molecule has 10 heteroatoms. The van der Waals surface area contributed by atoms with E-state index in [-0.39, 0.29) is 35.8 Å². The molecule has 8 nitrogen and oxygen atoms in total. The minimum Gasteiger partial charge on any atom is -0.508 e. The number of nitrogens with zero attached hydrogens (tertiary/aromatic N) is 1. The summed E-state index contributed by atoms with van der Waals surface area (Å²) >= 11 is 0. The maximum atomic E-state index is 17.2. The van der Waals surface area contributed by atoms with Crippen molar-refractivity contribution in [3.8, 4) is 11.5 Å². The van der Waals surface area contributed by atoms with Gasteiger partial charge in [-0.3, -0.25) is 10.1 Å². The minimum atomic E-state index is -3.06. The van der Waals surface area contributed by atoms with E-state index in [4.69, 9.17) is 9.47 Å². The third-order valence-electron chi connectivity index (χ3n) is 5.49.